The molecule has 0 unspecified atom stereocenters. The highest BCUT2D eigenvalue weighted by Crippen LogP contribution is 2.51. The zero-order valence-corrected chi connectivity index (χ0v) is 21.2. The first-order valence-electron chi connectivity index (χ1n) is 12.7. The van der Waals surface area contributed by atoms with Gasteiger partial charge in [0.05, 0.1) is 0 Å². The number of rotatable bonds is 1. The predicted molar refractivity (Wildman–Crippen MR) is 152 cm³/mol. The molecule has 0 bridgehead atoms. The van der Waals surface area contributed by atoms with Gasteiger partial charge in [-0.25, -0.2) is 0 Å². The minimum absolute atomic E-state index is 0.0221. The van der Waals surface area contributed by atoms with E-state index in [4.69, 9.17) is 0 Å². The van der Waals surface area contributed by atoms with Crippen molar-refractivity contribution in [3.63, 3.8) is 0 Å². The van der Waals surface area contributed by atoms with Crippen molar-refractivity contribution >= 4 is 32.3 Å². The second kappa shape index (κ2) is 6.73. The minimum Gasteiger partial charge on any atom is -0.0610 e. The molecule has 0 radical (unpaired) electrons. The van der Waals surface area contributed by atoms with Crippen LogP contribution in [0.2, 0.25) is 0 Å². The average molecular weight is 451 g/mol. The lowest BCUT2D eigenvalue weighted by Gasteiger charge is -2.25. The maximum Gasteiger partial charge on any atom is 0.0159 e. The zero-order chi connectivity index (χ0) is 24.1. The Hall–Kier alpha value is -3.64. The van der Waals surface area contributed by atoms with Crippen LogP contribution in [-0.2, 0) is 10.8 Å². The Morgan fingerprint density at radius 2 is 1.11 bits per heavy atom. The fraction of sp³-hybridized carbons (Fsp3) is 0.200. The van der Waals surface area contributed by atoms with Gasteiger partial charge in [0.2, 0.25) is 0 Å². The Labute approximate surface area is 207 Å². The molecule has 170 valence electrons. The molecule has 6 aromatic rings. The van der Waals surface area contributed by atoms with Crippen LogP contribution in [-0.4, -0.2) is 0 Å². The molecule has 1 aliphatic carbocycles. The number of benzene rings is 6. The first kappa shape index (κ1) is 20.7. The summed E-state index contributed by atoms with van der Waals surface area (Å²) in [6, 6.07) is 34.6. The van der Waals surface area contributed by atoms with Crippen molar-refractivity contribution in [2.75, 3.05) is 0 Å². The van der Waals surface area contributed by atoms with Crippen LogP contribution >= 0.6 is 0 Å². The Morgan fingerprint density at radius 1 is 0.543 bits per heavy atom. The fourth-order valence-corrected chi connectivity index (χ4v) is 6.36. The van der Waals surface area contributed by atoms with E-state index < -0.39 is 0 Å². The predicted octanol–water partition coefficient (Wildman–Crippen LogP) is 9.85. The summed E-state index contributed by atoms with van der Waals surface area (Å²) < 4.78 is 0. The van der Waals surface area contributed by atoms with Gasteiger partial charge in [0.25, 0.3) is 0 Å². The highest BCUT2D eigenvalue weighted by Gasteiger charge is 2.36. The van der Waals surface area contributed by atoms with Crippen molar-refractivity contribution < 1.29 is 0 Å². The monoisotopic (exact) mass is 450 g/mol. The lowest BCUT2D eigenvalue weighted by molar-refractivity contribution is 0.584. The summed E-state index contributed by atoms with van der Waals surface area (Å²) in [5, 5.41) is 8.06. The van der Waals surface area contributed by atoms with Crippen molar-refractivity contribution in [2.24, 2.45) is 0 Å². The molecule has 0 nitrogen and oxygen atoms in total. The minimum atomic E-state index is -0.0221. The van der Waals surface area contributed by atoms with E-state index in [2.05, 4.69) is 126 Å². The maximum absolute atomic E-state index is 2.46. The molecular weight excluding hydrogens is 420 g/mol. The molecule has 0 amide bonds. The fourth-order valence-electron chi connectivity index (χ4n) is 6.36. The van der Waals surface area contributed by atoms with E-state index >= 15 is 0 Å². The van der Waals surface area contributed by atoms with Gasteiger partial charge in [-0.1, -0.05) is 120 Å². The smallest absolute Gasteiger partial charge is 0.0159 e. The molecule has 0 atom stereocenters. The van der Waals surface area contributed by atoms with Gasteiger partial charge >= 0.3 is 0 Å². The van der Waals surface area contributed by atoms with Crippen molar-refractivity contribution in [3.05, 3.63) is 108 Å². The second-order valence-electron chi connectivity index (χ2n) is 11.9. The van der Waals surface area contributed by atoms with Crippen LogP contribution in [0, 0.1) is 0 Å². The quantitative estimate of drug-likeness (QED) is 0.219. The Bertz CT molecular complexity index is 1770. The van der Waals surface area contributed by atoms with Crippen molar-refractivity contribution in [3.8, 4) is 22.3 Å². The number of fused-ring (bicyclic) bond motifs is 3. The molecular formula is C35H30. The van der Waals surface area contributed by atoms with Gasteiger partial charge in [0, 0.05) is 5.41 Å². The van der Waals surface area contributed by atoms with Crippen molar-refractivity contribution in [2.45, 2.75) is 45.4 Å². The van der Waals surface area contributed by atoms with Gasteiger partial charge in [-0.15, -0.1) is 0 Å². The normalized spacial score (nSPS) is 14.7. The first-order valence-corrected chi connectivity index (χ1v) is 12.7. The van der Waals surface area contributed by atoms with Gasteiger partial charge in [-0.3, -0.25) is 0 Å². The van der Waals surface area contributed by atoms with E-state index in [1.165, 1.54) is 71.3 Å². The molecule has 1 aliphatic rings. The molecule has 35 heavy (non-hydrogen) atoms. The van der Waals surface area contributed by atoms with Crippen LogP contribution < -0.4 is 0 Å². The summed E-state index contributed by atoms with van der Waals surface area (Å²) in [7, 11) is 0. The molecule has 7 rings (SSSR count). The third-order valence-corrected chi connectivity index (χ3v) is 8.38. The summed E-state index contributed by atoms with van der Waals surface area (Å²) in [5.74, 6) is 0. The van der Waals surface area contributed by atoms with Gasteiger partial charge < -0.3 is 0 Å². The maximum atomic E-state index is 2.46. The largest absolute Gasteiger partial charge is 0.0610 e. The molecule has 6 aromatic carbocycles. The number of hydrogen-bond donors (Lipinski definition) is 0. The highest BCUT2D eigenvalue weighted by molar-refractivity contribution is 6.25. The van der Waals surface area contributed by atoms with Crippen LogP contribution in [0.1, 0.15) is 51.3 Å². The van der Waals surface area contributed by atoms with E-state index in [1.807, 2.05) is 0 Å². The van der Waals surface area contributed by atoms with E-state index in [0.29, 0.717) is 0 Å². The molecule has 0 aromatic heterocycles. The Morgan fingerprint density at radius 3 is 1.83 bits per heavy atom. The van der Waals surface area contributed by atoms with Crippen LogP contribution in [0.4, 0.5) is 0 Å². The molecule has 0 aliphatic heterocycles. The standard InChI is InChI=1S/C35H30/c1-34(2,3)25-14-18-28-27-16-13-24(19-30(27)35(4,5)31(28)20-25)26-15-11-23-10-9-21-7-6-8-22-12-17-29(26)33(23)32(21)22/h6-20H,1-5H3. The summed E-state index contributed by atoms with van der Waals surface area (Å²) >= 11 is 0. The molecule has 0 heterocycles. The van der Waals surface area contributed by atoms with E-state index in [9.17, 15) is 0 Å². The molecule has 0 saturated heterocycles. The molecule has 0 heteroatoms. The lowest BCUT2D eigenvalue weighted by atomic mass is 9.78. The summed E-state index contributed by atoms with van der Waals surface area (Å²) in [6.45, 7) is 11.7. The highest BCUT2D eigenvalue weighted by atomic mass is 14.4. The Balaban J connectivity index is 1.45. The zero-order valence-electron chi connectivity index (χ0n) is 21.2. The second-order valence-corrected chi connectivity index (χ2v) is 11.9. The van der Waals surface area contributed by atoms with Gasteiger partial charge in [0.1, 0.15) is 0 Å². The van der Waals surface area contributed by atoms with Crippen molar-refractivity contribution in [1.29, 1.82) is 0 Å². The third-order valence-electron chi connectivity index (χ3n) is 8.38. The summed E-state index contributed by atoms with van der Waals surface area (Å²) in [6.07, 6.45) is 0. The average Bonchev–Trinajstić information content (AvgIpc) is 3.08. The van der Waals surface area contributed by atoms with Crippen LogP contribution in [0.25, 0.3) is 54.6 Å². The molecule has 0 spiro atoms. The van der Waals surface area contributed by atoms with E-state index in [-0.39, 0.29) is 10.8 Å². The summed E-state index contributed by atoms with van der Waals surface area (Å²) in [4.78, 5) is 0. The molecule has 0 fully saturated rings. The van der Waals surface area contributed by atoms with Crippen LogP contribution in [0.5, 0.6) is 0 Å². The SMILES string of the molecule is CC(C)(C)c1ccc2c(c1)C(C)(C)c1cc(-c3ccc4ccc5cccc6ccc3c4c56)ccc1-2. The summed E-state index contributed by atoms with van der Waals surface area (Å²) in [5.41, 5.74) is 9.81. The van der Waals surface area contributed by atoms with Gasteiger partial charge in [0.15, 0.2) is 0 Å². The van der Waals surface area contributed by atoms with Crippen LogP contribution in [0.15, 0.2) is 91.0 Å². The first-order chi connectivity index (χ1) is 16.7. The van der Waals surface area contributed by atoms with Gasteiger partial charge in [-0.2, -0.15) is 0 Å². The Kier molecular flexibility index (Phi) is 3.98. The van der Waals surface area contributed by atoms with E-state index in [1.54, 1.807) is 0 Å². The van der Waals surface area contributed by atoms with Gasteiger partial charge in [-0.05, 0) is 82.7 Å². The van der Waals surface area contributed by atoms with Crippen molar-refractivity contribution in [1.82, 2.24) is 0 Å². The molecule has 0 N–H and O–H groups in total. The van der Waals surface area contributed by atoms with E-state index in [0.717, 1.165) is 0 Å². The lowest BCUT2D eigenvalue weighted by Crippen LogP contribution is -2.17. The van der Waals surface area contributed by atoms with Crippen LogP contribution in [0.3, 0.4) is 0 Å². The number of hydrogen-bond acceptors (Lipinski definition) is 0. The topological polar surface area (TPSA) is 0 Å². The molecule has 0 saturated carbocycles. The third kappa shape index (κ3) is 2.80.